The number of nitrogens with zero attached hydrogens (tertiary/aromatic N) is 1. The number of amides is 2. The quantitative estimate of drug-likeness (QED) is 0.493. The maximum Gasteiger partial charge on any atom is 0.238 e. The number of hydrogen-bond acceptors (Lipinski definition) is 2. The molecule has 1 heterocycles. The largest absolute Gasteiger partial charge is 0.274 e. The molecule has 2 bridgehead atoms. The summed E-state index contributed by atoms with van der Waals surface area (Å²) in [5, 5.41) is 0. The SMILES string of the molecule is CCC(C)c1ccc2c(c1)C1c3ccccc3C2C2C(=O)N(c3ccccc3C)C(=O)C12. The first-order valence-corrected chi connectivity index (χ1v) is 11.7. The molecule has 0 spiro atoms. The van der Waals surface area contributed by atoms with Gasteiger partial charge in [-0.15, -0.1) is 0 Å². The molecule has 5 atom stereocenters. The standard InChI is InChI=1S/C29H27NO2/c1-4-16(2)18-13-14-21-22(15-18)25-20-11-7-6-10-19(20)24(21)26-27(25)29(32)30(28(26)31)23-12-8-5-9-17(23)3/h5-16,24-27H,4H2,1-3H3. The molecule has 2 amide bonds. The van der Waals surface area contributed by atoms with Gasteiger partial charge in [-0.2, -0.15) is 0 Å². The zero-order chi connectivity index (χ0) is 22.1. The smallest absolute Gasteiger partial charge is 0.238 e. The Bertz CT molecular complexity index is 1280. The molecule has 5 unspecified atom stereocenters. The number of para-hydroxylation sites is 1. The topological polar surface area (TPSA) is 37.4 Å². The summed E-state index contributed by atoms with van der Waals surface area (Å²) in [6.45, 7) is 6.43. The minimum absolute atomic E-state index is 0.0432. The maximum atomic E-state index is 13.9. The second-order valence-electron chi connectivity index (χ2n) is 9.63. The molecule has 0 N–H and O–H groups in total. The Hall–Kier alpha value is -3.20. The highest BCUT2D eigenvalue weighted by Gasteiger charge is 2.61. The van der Waals surface area contributed by atoms with E-state index >= 15 is 0 Å². The monoisotopic (exact) mass is 421 g/mol. The van der Waals surface area contributed by atoms with Crippen LogP contribution in [0.1, 0.15) is 71.4 Å². The van der Waals surface area contributed by atoms with Gasteiger partial charge in [-0.3, -0.25) is 9.59 Å². The number of rotatable bonds is 3. The van der Waals surface area contributed by atoms with Crippen molar-refractivity contribution < 1.29 is 9.59 Å². The molecule has 3 nitrogen and oxygen atoms in total. The fourth-order valence-electron chi connectivity index (χ4n) is 6.34. The van der Waals surface area contributed by atoms with Gasteiger partial charge in [-0.05, 0) is 58.7 Å². The van der Waals surface area contributed by atoms with E-state index < -0.39 is 0 Å². The third kappa shape index (κ3) is 2.42. The Kier molecular flexibility index (Phi) is 4.20. The van der Waals surface area contributed by atoms with E-state index in [0.29, 0.717) is 5.92 Å². The summed E-state index contributed by atoms with van der Waals surface area (Å²) >= 11 is 0. The van der Waals surface area contributed by atoms with E-state index in [2.05, 4.69) is 56.3 Å². The Morgan fingerprint density at radius 1 is 0.781 bits per heavy atom. The molecule has 160 valence electrons. The second kappa shape index (κ2) is 6.90. The van der Waals surface area contributed by atoms with Crippen LogP contribution in [0, 0.1) is 18.8 Å². The number of aryl methyl sites for hydroxylation is 1. The molecule has 0 saturated carbocycles. The van der Waals surface area contributed by atoms with Crippen LogP contribution in [0.4, 0.5) is 5.69 Å². The Morgan fingerprint density at radius 3 is 1.97 bits per heavy atom. The van der Waals surface area contributed by atoms with Gasteiger partial charge in [0.05, 0.1) is 17.5 Å². The van der Waals surface area contributed by atoms with E-state index in [0.717, 1.165) is 17.7 Å². The molecule has 0 aromatic heterocycles. The van der Waals surface area contributed by atoms with Crippen LogP contribution in [-0.4, -0.2) is 11.8 Å². The van der Waals surface area contributed by atoms with Crippen LogP contribution in [0.5, 0.6) is 0 Å². The zero-order valence-corrected chi connectivity index (χ0v) is 18.7. The van der Waals surface area contributed by atoms with Gasteiger partial charge in [0.25, 0.3) is 0 Å². The first-order valence-electron chi connectivity index (χ1n) is 11.7. The van der Waals surface area contributed by atoms with E-state index in [-0.39, 0.29) is 35.5 Å². The van der Waals surface area contributed by atoms with Crippen LogP contribution in [-0.2, 0) is 9.59 Å². The fourth-order valence-corrected chi connectivity index (χ4v) is 6.34. The highest BCUT2D eigenvalue weighted by atomic mass is 16.2. The average Bonchev–Trinajstić information content (AvgIpc) is 3.09. The van der Waals surface area contributed by atoms with Crippen molar-refractivity contribution in [2.75, 3.05) is 4.90 Å². The molecular weight excluding hydrogens is 394 g/mol. The molecule has 0 radical (unpaired) electrons. The molecule has 3 heteroatoms. The molecule has 4 aliphatic rings. The summed E-state index contributed by atoms with van der Waals surface area (Å²) in [7, 11) is 0. The van der Waals surface area contributed by atoms with E-state index in [1.807, 2.05) is 31.2 Å². The van der Waals surface area contributed by atoms with Gasteiger partial charge in [0, 0.05) is 11.8 Å². The zero-order valence-electron chi connectivity index (χ0n) is 18.7. The first kappa shape index (κ1) is 19.5. The maximum absolute atomic E-state index is 13.9. The molecule has 7 rings (SSSR count). The minimum Gasteiger partial charge on any atom is -0.274 e. The number of carbonyl (C=O) groups excluding carboxylic acids is 2. The third-order valence-corrected chi connectivity index (χ3v) is 8.10. The van der Waals surface area contributed by atoms with E-state index in [1.54, 1.807) is 0 Å². The molecule has 1 fully saturated rings. The Balaban J connectivity index is 1.56. The molecule has 1 saturated heterocycles. The van der Waals surface area contributed by atoms with Crippen molar-refractivity contribution in [2.24, 2.45) is 11.8 Å². The number of hydrogen-bond donors (Lipinski definition) is 0. The van der Waals surface area contributed by atoms with Crippen LogP contribution in [0.15, 0.2) is 66.7 Å². The van der Waals surface area contributed by atoms with Gasteiger partial charge >= 0.3 is 0 Å². The normalized spacial score (nSPS) is 26.0. The van der Waals surface area contributed by atoms with Gasteiger partial charge in [-0.1, -0.05) is 74.5 Å². The molecule has 3 aromatic carbocycles. The highest BCUT2D eigenvalue weighted by molar-refractivity contribution is 6.23. The van der Waals surface area contributed by atoms with Crippen LogP contribution < -0.4 is 4.90 Å². The van der Waals surface area contributed by atoms with Crippen molar-refractivity contribution in [3.05, 3.63) is 100 Å². The van der Waals surface area contributed by atoms with Crippen LogP contribution in [0.25, 0.3) is 0 Å². The molecule has 32 heavy (non-hydrogen) atoms. The summed E-state index contributed by atoms with van der Waals surface area (Å²) in [4.78, 5) is 29.2. The Morgan fingerprint density at radius 2 is 1.34 bits per heavy atom. The average molecular weight is 422 g/mol. The molecule has 3 aromatic rings. The lowest BCUT2D eigenvalue weighted by Crippen LogP contribution is -2.41. The van der Waals surface area contributed by atoms with Crippen molar-refractivity contribution >= 4 is 17.5 Å². The fraction of sp³-hybridized carbons (Fsp3) is 0.310. The second-order valence-corrected chi connectivity index (χ2v) is 9.63. The van der Waals surface area contributed by atoms with Gasteiger partial charge in [0.1, 0.15) is 0 Å². The third-order valence-electron chi connectivity index (χ3n) is 8.10. The van der Waals surface area contributed by atoms with E-state index in [1.165, 1.54) is 32.7 Å². The summed E-state index contributed by atoms with van der Waals surface area (Å²) in [6.07, 6.45) is 1.08. The number of anilines is 1. The number of imide groups is 1. The molecular formula is C29H27NO2. The summed E-state index contributed by atoms with van der Waals surface area (Å²) in [5.74, 6) is -0.408. The predicted molar refractivity (Wildman–Crippen MR) is 126 cm³/mol. The summed E-state index contributed by atoms with van der Waals surface area (Å²) in [6, 6.07) is 22.9. The van der Waals surface area contributed by atoms with Crippen molar-refractivity contribution in [1.82, 2.24) is 0 Å². The van der Waals surface area contributed by atoms with Crippen molar-refractivity contribution in [3.8, 4) is 0 Å². The first-order chi connectivity index (χ1) is 15.5. The van der Waals surface area contributed by atoms with Gasteiger partial charge in [0.15, 0.2) is 0 Å². The molecule has 1 aliphatic heterocycles. The molecule has 3 aliphatic carbocycles. The van der Waals surface area contributed by atoms with E-state index in [9.17, 15) is 9.59 Å². The van der Waals surface area contributed by atoms with Crippen LogP contribution in [0.2, 0.25) is 0 Å². The minimum atomic E-state index is -0.332. The summed E-state index contributed by atoms with van der Waals surface area (Å²) in [5.41, 5.74) is 7.92. The van der Waals surface area contributed by atoms with Gasteiger partial charge in [-0.25, -0.2) is 4.90 Å². The lowest BCUT2D eigenvalue weighted by atomic mass is 9.54. The Labute approximate surface area is 189 Å². The number of benzene rings is 3. The number of carbonyl (C=O) groups is 2. The highest BCUT2D eigenvalue weighted by Crippen LogP contribution is 2.61. The van der Waals surface area contributed by atoms with Crippen LogP contribution in [0.3, 0.4) is 0 Å². The van der Waals surface area contributed by atoms with Crippen molar-refractivity contribution in [3.63, 3.8) is 0 Å². The van der Waals surface area contributed by atoms with Crippen molar-refractivity contribution in [2.45, 2.75) is 44.9 Å². The predicted octanol–water partition coefficient (Wildman–Crippen LogP) is 5.91. The van der Waals surface area contributed by atoms with Gasteiger partial charge < -0.3 is 0 Å². The lowest BCUT2D eigenvalue weighted by molar-refractivity contribution is -0.122. The summed E-state index contributed by atoms with van der Waals surface area (Å²) < 4.78 is 0. The van der Waals surface area contributed by atoms with Crippen molar-refractivity contribution in [1.29, 1.82) is 0 Å². The van der Waals surface area contributed by atoms with E-state index in [4.69, 9.17) is 0 Å². The van der Waals surface area contributed by atoms with Crippen LogP contribution >= 0.6 is 0 Å². The lowest BCUT2D eigenvalue weighted by Gasteiger charge is -2.46. The van der Waals surface area contributed by atoms with Gasteiger partial charge in [0.2, 0.25) is 11.8 Å².